The van der Waals surface area contributed by atoms with Crippen molar-refractivity contribution in [3.63, 3.8) is 0 Å². The van der Waals surface area contributed by atoms with E-state index in [0.29, 0.717) is 12.0 Å². The van der Waals surface area contributed by atoms with Gasteiger partial charge in [-0.15, -0.1) is 0 Å². The highest BCUT2D eigenvalue weighted by atomic mass is 16.5. The van der Waals surface area contributed by atoms with E-state index in [-0.39, 0.29) is 0 Å². The molecule has 0 amide bonds. The van der Waals surface area contributed by atoms with Crippen LogP contribution in [0.1, 0.15) is 47.9 Å². The van der Waals surface area contributed by atoms with Gasteiger partial charge in [-0.2, -0.15) is 0 Å². The summed E-state index contributed by atoms with van der Waals surface area (Å²) in [7, 11) is 0. The number of rotatable bonds is 7. The molecule has 182 valence electrons. The molecule has 2 saturated heterocycles. The summed E-state index contributed by atoms with van der Waals surface area (Å²) in [6.45, 7) is 7.99. The van der Waals surface area contributed by atoms with Gasteiger partial charge in [0.15, 0.2) is 0 Å². The van der Waals surface area contributed by atoms with Crippen LogP contribution in [0.15, 0.2) is 72.8 Å². The third-order valence-corrected chi connectivity index (χ3v) is 7.98. The number of hydrogen-bond acceptors (Lipinski definition) is 4. The van der Waals surface area contributed by atoms with Crippen molar-refractivity contribution in [2.24, 2.45) is 0 Å². The lowest BCUT2D eigenvalue weighted by atomic mass is 9.81. The van der Waals surface area contributed by atoms with Crippen molar-refractivity contribution in [2.75, 3.05) is 52.5 Å². The Morgan fingerprint density at radius 1 is 0.829 bits per heavy atom. The number of morpholine rings is 1. The molecule has 0 unspecified atom stereocenters. The molecule has 0 saturated carbocycles. The van der Waals surface area contributed by atoms with Gasteiger partial charge in [0, 0.05) is 38.1 Å². The first kappa shape index (κ1) is 22.8. The molecule has 0 bridgehead atoms. The van der Waals surface area contributed by atoms with Crippen LogP contribution >= 0.6 is 0 Å². The van der Waals surface area contributed by atoms with Crippen LogP contribution in [0.25, 0.3) is 11.1 Å². The zero-order valence-electron chi connectivity index (χ0n) is 20.6. The third kappa shape index (κ3) is 5.02. The SMILES string of the molecule is c1ccc(-c2ccc([C@H]3CN4CCC[C@H]4c4cc(OCCCN5CCOCC5)ccc43)cc2)cc1. The largest absolute Gasteiger partial charge is 0.494 e. The summed E-state index contributed by atoms with van der Waals surface area (Å²) < 4.78 is 11.7. The van der Waals surface area contributed by atoms with Crippen LogP contribution in [0.2, 0.25) is 0 Å². The topological polar surface area (TPSA) is 24.9 Å². The molecule has 0 spiro atoms. The molecule has 6 rings (SSSR count). The second-order valence-electron chi connectivity index (χ2n) is 10.1. The first-order valence-corrected chi connectivity index (χ1v) is 13.3. The van der Waals surface area contributed by atoms with Gasteiger partial charge in [0.1, 0.15) is 5.75 Å². The Morgan fingerprint density at radius 2 is 1.63 bits per heavy atom. The van der Waals surface area contributed by atoms with Gasteiger partial charge in [-0.05, 0) is 65.8 Å². The zero-order chi connectivity index (χ0) is 23.5. The van der Waals surface area contributed by atoms with Gasteiger partial charge in [0.05, 0.1) is 19.8 Å². The predicted octanol–water partition coefficient (Wildman–Crippen LogP) is 5.74. The normalized spacial score (nSPS) is 22.5. The van der Waals surface area contributed by atoms with Gasteiger partial charge in [0.2, 0.25) is 0 Å². The van der Waals surface area contributed by atoms with E-state index < -0.39 is 0 Å². The zero-order valence-corrected chi connectivity index (χ0v) is 20.6. The number of fused-ring (bicyclic) bond motifs is 3. The summed E-state index contributed by atoms with van der Waals surface area (Å²) in [4.78, 5) is 5.17. The molecule has 3 heterocycles. The monoisotopic (exact) mass is 468 g/mol. The highest BCUT2D eigenvalue weighted by Gasteiger charge is 2.36. The molecule has 4 nitrogen and oxygen atoms in total. The third-order valence-electron chi connectivity index (χ3n) is 7.98. The molecule has 4 heteroatoms. The maximum Gasteiger partial charge on any atom is 0.119 e. The van der Waals surface area contributed by atoms with Crippen LogP contribution in [0.3, 0.4) is 0 Å². The number of benzene rings is 3. The molecule has 3 aromatic carbocycles. The first-order valence-electron chi connectivity index (χ1n) is 13.3. The molecule has 0 N–H and O–H groups in total. The lowest BCUT2D eigenvalue weighted by Crippen LogP contribution is -2.37. The van der Waals surface area contributed by atoms with Crippen molar-refractivity contribution in [3.05, 3.63) is 89.5 Å². The van der Waals surface area contributed by atoms with Crippen molar-refractivity contribution < 1.29 is 9.47 Å². The molecule has 2 atom stereocenters. The van der Waals surface area contributed by atoms with Crippen molar-refractivity contribution in [2.45, 2.75) is 31.2 Å². The highest BCUT2D eigenvalue weighted by Crippen LogP contribution is 2.45. The van der Waals surface area contributed by atoms with Gasteiger partial charge in [-0.3, -0.25) is 9.80 Å². The van der Waals surface area contributed by atoms with Gasteiger partial charge in [0.25, 0.3) is 0 Å². The summed E-state index contributed by atoms with van der Waals surface area (Å²) in [5.74, 6) is 1.44. The Balaban J connectivity index is 1.18. The van der Waals surface area contributed by atoms with E-state index in [2.05, 4.69) is 82.6 Å². The molecular weight excluding hydrogens is 432 g/mol. The van der Waals surface area contributed by atoms with Crippen LogP contribution < -0.4 is 4.74 Å². The Hall–Kier alpha value is -2.66. The predicted molar refractivity (Wildman–Crippen MR) is 141 cm³/mol. The van der Waals surface area contributed by atoms with Gasteiger partial charge in [-0.25, -0.2) is 0 Å². The van der Waals surface area contributed by atoms with Crippen molar-refractivity contribution in [1.82, 2.24) is 9.80 Å². The van der Waals surface area contributed by atoms with Crippen LogP contribution in [0.4, 0.5) is 0 Å². The number of nitrogens with zero attached hydrogens (tertiary/aromatic N) is 2. The molecule has 0 aromatic heterocycles. The summed E-state index contributed by atoms with van der Waals surface area (Å²) in [5, 5.41) is 0. The fourth-order valence-electron chi connectivity index (χ4n) is 6.10. The number of hydrogen-bond donors (Lipinski definition) is 0. The van der Waals surface area contributed by atoms with Crippen molar-refractivity contribution in [1.29, 1.82) is 0 Å². The smallest absolute Gasteiger partial charge is 0.119 e. The van der Waals surface area contributed by atoms with Crippen molar-refractivity contribution >= 4 is 0 Å². The first-order chi connectivity index (χ1) is 17.3. The van der Waals surface area contributed by atoms with Crippen molar-refractivity contribution in [3.8, 4) is 16.9 Å². The Bertz CT molecular complexity index is 1110. The maximum atomic E-state index is 6.24. The van der Waals surface area contributed by atoms with E-state index >= 15 is 0 Å². The average Bonchev–Trinajstić information content (AvgIpc) is 3.41. The fourth-order valence-corrected chi connectivity index (χ4v) is 6.10. The lowest BCUT2D eigenvalue weighted by molar-refractivity contribution is 0.0358. The maximum absolute atomic E-state index is 6.24. The van der Waals surface area contributed by atoms with Crippen LogP contribution in [0, 0.1) is 0 Å². The summed E-state index contributed by atoms with van der Waals surface area (Å²) in [5.41, 5.74) is 6.94. The van der Waals surface area contributed by atoms with E-state index in [0.717, 1.165) is 58.2 Å². The minimum absolute atomic E-state index is 0.416. The lowest BCUT2D eigenvalue weighted by Gasteiger charge is -2.38. The van der Waals surface area contributed by atoms with E-state index in [4.69, 9.17) is 9.47 Å². The average molecular weight is 469 g/mol. The van der Waals surface area contributed by atoms with E-state index in [1.54, 1.807) is 0 Å². The highest BCUT2D eigenvalue weighted by molar-refractivity contribution is 5.64. The second kappa shape index (κ2) is 10.5. The Labute approximate surface area is 209 Å². The fraction of sp³-hybridized carbons (Fsp3) is 0.419. The summed E-state index contributed by atoms with van der Waals surface area (Å²) in [6.07, 6.45) is 3.60. The van der Waals surface area contributed by atoms with Crippen LogP contribution in [-0.2, 0) is 4.74 Å². The van der Waals surface area contributed by atoms with Crippen LogP contribution in [-0.4, -0.2) is 62.3 Å². The van der Waals surface area contributed by atoms with Gasteiger partial charge < -0.3 is 9.47 Å². The molecule has 35 heavy (non-hydrogen) atoms. The minimum Gasteiger partial charge on any atom is -0.494 e. The molecule has 3 aliphatic rings. The Morgan fingerprint density at radius 3 is 2.46 bits per heavy atom. The molecule has 2 fully saturated rings. The standard InChI is InChI=1S/C31H36N2O2/c1-2-6-24(7-3-1)25-9-11-26(12-10-25)30-23-33-16-4-8-31(33)29-22-27(13-14-28(29)30)35-19-5-15-32-17-20-34-21-18-32/h1-3,6-7,9-14,22,30-31H,4-5,8,15-21,23H2/t30-,31+/m1/s1. The van der Waals surface area contributed by atoms with E-state index in [1.807, 2.05) is 0 Å². The van der Waals surface area contributed by atoms with Gasteiger partial charge in [-0.1, -0.05) is 60.7 Å². The van der Waals surface area contributed by atoms with Crippen LogP contribution in [0.5, 0.6) is 5.75 Å². The number of ether oxygens (including phenoxy) is 2. The molecule has 3 aliphatic heterocycles. The molecule has 0 aliphatic carbocycles. The second-order valence-corrected chi connectivity index (χ2v) is 10.1. The minimum atomic E-state index is 0.416. The van der Waals surface area contributed by atoms with E-state index in [9.17, 15) is 0 Å². The molecule has 3 aromatic rings. The summed E-state index contributed by atoms with van der Waals surface area (Å²) in [6, 6.07) is 27.3. The Kier molecular flexibility index (Phi) is 6.85. The van der Waals surface area contributed by atoms with Gasteiger partial charge >= 0.3 is 0 Å². The quantitative estimate of drug-likeness (QED) is 0.413. The molecular formula is C31H36N2O2. The molecule has 0 radical (unpaired) electrons. The summed E-state index contributed by atoms with van der Waals surface area (Å²) >= 11 is 0. The van der Waals surface area contributed by atoms with E-state index in [1.165, 1.54) is 47.2 Å².